The van der Waals surface area contributed by atoms with Gasteiger partial charge < -0.3 is 9.94 Å². The van der Waals surface area contributed by atoms with Crippen LogP contribution in [0.2, 0.25) is 0 Å². The summed E-state index contributed by atoms with van der Waals surface area (Å²) in [4.78, 5) is 11.7. The second-order valence-corrected chi connectivity index (χ2v) is 3.95. The van der Waals surface area contributed by atoms with E-state index in [-0.39, 0.29) is 11.5 Å². The molecular formula is C15H13NO3. The number of nitrogens with zero attached hydrogens (tertiary/aromatic N) is 1. The number of rotatable bonds is 4. The highest BCUT2D eigenvalue weighted by molar-refractivity contribution is 6.45. The van der Waals surface area contributed by atoms with Gasteiger partial charge in [-0.25, -0.2) is 0 Å². The van der Waals surface area contributed by atoms with Crippen molar-refractivity contribution in [2.75, 3.05) is 0 Å². The first-order valence-corrected chi connectivity index (χ1v) is 5.77. The van der Waals surface area contributed by atoms with E-state index in [9.17, 15) is 4.79 Å². The number of Topliss-reactive ketones (excluding diaryl/α,β-unsaturated/α-hetero) is 1. The Morgan fingerprint density at radius 2 is 1.58 bits per heavy atom. The second kappa shape index (κ2) is 5.82. The van der Waals surface area contributed by atoms with E-state index in [0.717, 1.165) is 5.75 Å². The third-order valence-electron chi connectivity index (χ3n) is 2.57. The van der Waals surface area contributed by atoms with Crippen LogP contribution in [0.1, 0.15) is 17.3 Å². The van der Waals surface area contributed by atoms with Crippen LogP contribution in [-0.2, 0) is 0 Å². The summed E-state index contributed by atoms with van der Waals surface area (Å²) in [5.74, 6) is 1.06. The van der Waals surface area contributed by atoms with E-state index in [2.05, 4.69) is 5.16 Å². The molecule has 0 saturated carbocycles. The molecule has 1 N–H and O–H groups in total. The van der Waals surface area contributed by atoms with Crippen molar-refractivity contribution in [2.45, 2.75) is 6.92 Å². The standard InChI is InChI=1S/C15H13NO3/c1-11(16-18)15(17)12-7-9-14(10-8-12)19-13-5-3-2-4-6-13/h2-10,18H,1H3/b16-11-. The van der Waals surface area contributed by atoms with Gasteiger partial charge in [0, 0.05) is 5.56 Å². The van der Waals surface area contributed by atoms with Crippen LogP contribution in [0.4, 0.5) is 0 Å². The van der Waals surface area contributed by atoms with Gasteiger partial charge in [0.15, 0.2) is 0 Å². The molecule has 2 aromatic rings. The van der Waals surface area contributed by atoms with Gasteiger partial charge in [0.05, 0.1) is 0 Å². The fraction of sp³-hybridized carbons (Fsp3) is 0.0667. The number of carbonyl (C=O) groups is 1. The zero-order valence-electron chi connectivity index (χ0n) is 10.4. The van der Waals surface area contributed by atoms with Crippen LogP contribution in [0.15, 0.2) is 59.8 Å². The van der Waals surface area contributed by atoms with Crippen molar-refractivity contribution in [3.05, 3.63) is 60.2 Å². The summed E-state index contributed by atoms with van der Waals surface area (Å²) < 4.78 is 5.61. The number of hydrogen-bond donors (Lipinski definition) is 1. The van der Waals surface area contributed by atoms with Gasteiger partial charge >= 0.3 is 0 Å². The molecule has 4 heteroatoms. The summed E-state index contributed by atoms with van der Waals surface area (Å²) in [6.07, 6.45) is 0. The molecule has 0 spiro atoms. The minimum absolute atomic E-state index is 0.0525. The molecule has 2 aromatic carbocycles. The lowest BCUT2D eigenvalue weighted by Crippen LogP contribution is -2.10. The van der Waals surface area contributed by atoms with Gasteiger partial charge in [-0.15, -0.1) is 0 Å². The predicted octanol–water partition coefficient (Wildman–Crippen LogP) is 3.51. The molecule has 0 heterocycles. The van der Waals surface area contributed by atoms with E-state index in [1.165, 1.54) is 6.92 Å². The maximum Gasteiger partial charge on any atom is 0.210 e. The summed E-state index contributed by atoms with van der Waals surface area (Å²) in [6, 6.07) is 16.0. The Balaban J connectivity index is 2.13. The summed E-state index contributed by atoms with van der Waals surface area (Å²) in [6.45, 7) is 1.46. The van der Waals surface area contributed by atoms with Crippen molar-refractivity contribution in [1.29, 1.82) is 0 Å². The van der Waals surface area contributed by atoms with Gasteiger partial charge in [-0.05, 0) is 43.3 Å². The van der Waals surface area contributed by atoms with Gasteiger partial charge in [0.25, 0.3) is 0 Å². The van der Waals surface area contributed by atoms with Crippen molar-refractivity contribution in [2.24, 2.45) is 5.16 Å². The van der Waals surface area contributed by atoms with E-state index >= 15 is 0 Å². The molecular weight excluding hydrogens is 242 g/mol. The van der Waals surface area contributed by atoms with E-state index < -0.39 is 0 Å². The molecule has 0 unspecified atom stereocenters. The minimum Gasteiger partial charge on any atom is -0.457 e. The van der Waals surface area contributed by atoms with E-state index in [1.54, 1.807) is 24.3 Å². The number of carbonyl (C=O) groups excluding carboxylic acids is 1. The van der Waals surface area contributed by atoms with E-state index in [0.29, 0.717) is 11.3 Å². The van der Waals surface area contributed by atoms with Crippen molar-refractivity contribution < 1.29 is 14.7 Å². The van der Waals surface area contributed by atoms with Crippen molar-refractivity contribution in [1.82, 2.24) is 0 Å². The Kier molecular flexibility index (Phi) is 3.93. The van der Waals surface area contributed by atoms with Crippen molar-refractivity contribution >= 4 is 11.5 Å². The fourth-order valence-corrected chi connectivity index (χ4v) is 1.55. The smallest absolute Gasteiger partial charge is 0.210 e. The lowest BCUT2D eigenvalue weighted by atomic mass is 10.1. The molecule has 2 rings (SSSR count). The summed E-state index contributed by atoms with van der Waals surface area (Å²) in [5.41, 5.74) is 0.507. The van der Waals surface area contributed by atoms with Crippen LogP contribution in [0, 0.1) is 0 Å². The maximum atomic E-state index is 11.7. The fourth-order valence-electron chi connectivity index (χ4n) is 1.55. The van der Waals surface area contributed by atoms with E-state index in [1.807, 2.05) is 30.3 Å². The van der Waals surface area contributed by atoms with Crippen LogP contribution >= 0.6 is 0 Å². The zero-order valence-corrected chi connectivity index (χ0v) is 10.4. The Labute approximate surface area is 111 Å². The van der Waals surface area contributed by atoms with Gasteiger partial charge in [0.2, 0.25) is 5.78 Å². The molecule has 0 fully saturated rings. The van der Waals surface area contributed by atoms with Gasteiger partial charge in [-0.3, -0.25) is 4.79 Å². The molecule has 96 valence electrons. The Morgan fingerprint density at radius 3 is 2.16 bits per heavy atom. The second-order valence-electron chi connectivity index (χ2n) is 3.95. The number of para-hydroxylation sites is 1. The first kappa shape index (κ1) is 12.8. The van der Waals surface area contributed by atoms with Crippen molar-refractivity contribution in [3.8, 4) is 11.5 Å². The third kappa shape index (κ3) is 3.19. The average Bonchev–Trinajstić information content (AvgIpc) is 2.47. The molecule has 4 nitrogen and oxygen atoms in total. The Morgan fingerprint density at radius 1 is 1.00 bits per heavy atom. The van der Waals surface area contributed by atoms with Crippen LogP contribution in [0.3, 0.4) is 0 Å². The normalized spacial score (nSPS) is 11.1. The molecule has 0 saturated heterocycles. The molecule has 19 heavy (non-hydrogen) atoms. The lowest BCUT2D eigenvalue weighted by molar-refractivity contribution is 0.106. The monoisotopic (exact) mass is 255 g/mol. The molecule has 0 atom stereocenters. The van der Waals surface area contributed by atoms with E-state index in [4.69, 9.17) is 9.94 Å². The molecule has 0 aliphatic carbocycles. The molecule has 0 aliphatic heterocycles. The summed E-state index contributed by atoms with van der Waals surface area (Å²) in [7, 11) is 0. The molecule has 0 amide bonds. The van der Waals surface area contributed by atoms with Gasteiger partial charge in [0.1, 0.15) is 17.2 Å². The van der Waals surface area contributed by atoms with Crippen LogP contribution < -0.4 is 4.74 Å². The molecule has 0 aliphatic rings. The number of benzene rings is 2. The van der Waals surface area contributed by atoms with Crippen LogP contribution in [-0.4, -0.2) is 16.7 Å². The molecule has 0 radical (unpaired) electrons. The third-order valence-corrected chi connectivity index (χ3v) is 2.57. The SMILES string of the molecule is C/C(=N/O)C(=O)c1ccc(Oc2ccccc2)cc1. The molecule has 0 bridgehead atoms. The highest BCUT2D eigenvalue weighted by Crippen LogP contribution is 2.21. The first-order chi connectivity index (χ1) is 9.20. The largest absolute Gasteiger partial charge is 0.457 e. The highest BCUT2D eigenvalue weighted by atomic mass is 16.5. The number of ketones is 1. The lowest BCUT2D eigenvalue weighted by Gasteiger charge is -2.06. The quantitative estimate of drug-likeness (QED) is 0.393. The highest BCUT2D eigenvalue weighted by Gasteiger charge is 2.09. The maximum absolute atomic E-state index is 11.7. The van der Waals surface area contributed by atoms with Crippen LogP contribution in [0.25, 0.3) is 0 Å². The number of hydrogen-bond acceptors (Lipinski definition) is 4. The van der Waals surface area contributed by atoms with Gasteiger partial charge in [-0.2, -0.15) is 0 Å². The number of ether oxygens (including phenoxy) is 1. The predicted molar refractivity (Wildman–Crippen MR) is 72.2 cm³/mol. The average molecular weight is 255 g/mol. The van der Waals surface area contributed by atoms with Crippen molar-refractivity contribution in [3.63, 3.8) is 0 Å². The van der Waals surface area contributed by atoms with Gasteiger partial charge in [-0.1, -0.05) is 23.4 Å². The van der Waals surface area contributed by atoms with Crippen LogP contribution in [0.5, 0.6) is 11.5 Å². The number of oxime groups is 1. The Bertz CT molecular complexity index is 589. The summed E-state index contributed by atoms with van der Waals surface area (Å²) >= 11 is 0. The minimum atomic E-state index is -0.311. The molecule has 0 aromatic heterocycles. The summed E-state index contributed by atoms with van der Waals surface area (Å²) in [5, 5.41) is 11.4. The first-order valence-electron chi connectivity index (χ1n) is 5.77. The topological polar surface area (TPSA) is 58.9 Å². The zero-order chi connectivity index (χ0) is 13.7. The Hall–Kier alpha value is -2.62.